The number of likely N-dealkylation sites (N-methyl/N-ethyl adjacent to an activating group) is 1. The Labute approximate surface area is 163 Å². The summed E-state index contributed by atoms with van der Waals surface area (Å²) in [6.45, 7) is -0.0425. The third-order valence-electron chi connectivity index (χ3n) is 4.26. The first-order valence-electron chi connectivity index (χ1n) is 7.86. The van der Waals surface area contributed by atoms with E-state index in [2.05, 4.69) is 10.3 Å². The lowest BCUT2D eigenvalue weighted by molar-refractivity contribution is -0.124. The molecule has 1 atom stereocenters. The summed E-state index contributed by atoms with van der Waals surface area (Å²) < 4.78 is 26.6. The molecule has 1 N–H and O–H groups in total. The smallest absolute Gasteiger partial charge is 0.325 e. The Balaban J connectivity index is 1.71. The highest BCUT2D eigenvalue weighted by Crippen LogP contribution is 2.28. The summed E-state index contributed by atoms with van der Waals surface area (Å²) >= 11 is 11.8. The lowest BCUT2D eigenvalue weighted by atomic mass is 10.2. The van der Waals surface area contributed by atoms with Crippen molar-refractivity contribution in [2.24, 2.45) is 0 Å². The van der Waals surface area contributed by atoms with Crippen LogP contribution in [0.25, 0.3) is 0 Å². The van der Waals surface area contributed by atoms with Gasteiger partial charge < -0.3 is 10.2 Å². The maximum absolute atomic E-state index is 13.5. The molecule has 142 valence electrons. The van der Waals surface area contributed by atoms with Gasteiger partial charge in [-0.1, -0.05) is 29.3 Å². The molecule has 1 aliphatic rings. The summed E-state index contributed by atoms with van der Waals surface area (Å²) in [4.78, 5) is 31.5. The number of carbonyl (C=O) groups excluding carboxylic acids is 2. The van der Waals surface area contributed by atoms with Crippen molar-refractivity contribution in [3.8, 4) is 0 Å². The van der Waals surface area contributed by atoms with Gasteiger partial charge in [0.25, 0.3) is 0 Å². The Kier molecular flexibility index (Phi) is 5.48. The molecule has 3 amide bonds. The van der Waals surface area contributed by atoms with Crippen molar-refractivity contribution in [3.05, 3.63) is 57.8 Å². The number of benzene rings is 1. The number of nitrogens with zero attached hydrogens (tertiary/aromatic N) is 3. The fourth-order valence-corrected chi connectivity index (χ4v) is 3.18. The molecule has 2 heterocycles. The van der Waals surface area contributed by atoms with E-state index in [1.54, 1.807) is 12.1 Å². The van der Waals surface area contributed by atoms with Crippen LogP contribution in [0, 0.1) is 11.6 Å². The van der Waals surface area contributed by atoms with Crippen molar-refractivity contribution in [1.82, 2.24) is 15.2 Å². The van der Waals surface area contributed by atoms with Crippen LogP contribution in [0.1, 0.15) is 5.56 Å². The molecule has 6 nitrogen and oxygen atoms in total. The molecule has 3 rings (SSSR count). The van der Waals surface area contributed by atoms with Gasteiger partial charge in [0.15, 0.2) is 16.8 Å². The number of carbonyl (C=O) groups is 2. The Hall–Kier alpha value is -2.45. The van der Waals surface area contributed by atoms with Crippen molar-refractivity contribution < 1.29 is 18.4 Å². The minimum Gasteiger partial charge on any atom is -0.350 e. The predicted octanol–water partition coefficient (Wildman–Crippen LogP) is 3.22. The Morgan fingerprint density at radius 1 is 1.33 bits per heavy atom. The number of amides is 3. The first-order valence-corrected chi connectivity index (χ1v) is 8.61. The molecule has 0 bridgehead atoms. The van der Waals surface area contributed by atoms with Gasteiger partial charge >= 0.3 is 6.03 Å². The first-order chi connectivity index (χ1) is 12.8. The van der Waals surface area contributed by atoms with Gasteiger partial charge in [0, 0.05) is 19.8 Å². The number of hydrogen-bond acceptors (Lipinski definition) is 3. The van der Waals surface area contributed by atoms with E-state index in [1.807, 2.05) is 0 Å². The van der Waals surface area contributed by atoms with Crippen molar-refractivity contribution in [3.63, 3.8) is 0 Å². The molecule has 27 heavy (non-hydrogen) atoms. The van der Waals surface area contributed by atoms with Crippen LogP contribution in [-0.2, 0) is 11.3 Å². The summed E-state index contributed by atoms with van der Waals surface area (Å²) in [6, 6.07) is 4.27. The van der Waals surface area contributed by atoms with Crippen LogP contribution in [0.2, 0.25) is 10.2 Å². The molecule has 0 radical (unpaired) electrons. The highest BCUT2D eigenvalue weighted by molar-refractivity contribution is 6.32. The van der Waals surface area contributed by atoms with Crippen LogP contribution in [0.3, 0.4) is 0 Å². The van der Waals surface area contributed by atoms with E-state index in [1.165, 1.54) is 29.1 Å². The summed E-state index contributed by atoms with van der Waals surface area (Å²) in [7, 11) is 1.49. The van der Waals surface area contributed by atoms with Gasteiger partial charge in [-0.05, 0) is 23.8 Å². The van der Waals surface area contributed by atoms with Gasteiger partial charge in [-0.15, -0.1) is 0 Å². The van der Waals surface area contributed by atoms with Crippen LogP contribution < -0.4 is 10.2 Å². The van der Waals surface area contributed by atoms with Gasteiger partial charge in [0.1, 0.15) is 6.04 Å². The van der Waals surface area contributed by atoms with Crippen molar-refractivity contribution >= 4 is 40.8 Å². The zero-order valence-electron chi connectivity index (χ0n) is 14.0. The molecule has 10 heteroatoms. The maximum Gasteiger partial charge on any atom is 0.325 e. The Bertz CT molecular complexity index is 912. The van der Waals surface area contributed by atoms with Crippen molar-refractivity contribution in [2.75, 3.05) is 18.5 Å². The Morgan fingerprint density at radius 2 is 2.07 bits per heavy atom. The predicted molar refractivity (Wildman–Crippen MR) is 96.8 cm³/mol. The number of halogens is 4. The van der Waals surface area contributed by atoms with Gasteiger partial charge in [-0.2, -0.15) is 0 Å². The number of pyridine rings is 1. The van der Waals surface area contributed by atoms with E-state index in [0.29, 0.717) is 5.69 Å². The number of nitrogens with one attached hydrogen (secondary N) is 1. The molecule has 0 aliphatic carbocycles. The van der Waals surface area contributed by atoms with E-state index in [0.717, 1.165) is 6.07 Å². The van der Waals surface area contributed by atoms with Crippen LogP contribution >= 0.6 is 23.2 Å². The summed E-state index contributed by atoms with van der Waals surface area (Å²) in [5.74, 6) is -2.71. The number of anilines is 1. The van der Waals surface area contributed by atoms with E-state index < -0.39 is 34.6 Å². The maximum atomic E-state index is 13.5. The molecule has 1 unspecified atom stereocenters. The zero-order valence-corrected chi connectivity index (χ0v) is 15.6. The van der Waals surface area contributed by atoms with Crippen LogP contribution in [0.4, 0.5) is 19.3 Å². The summed E-state index contributed by atoms with van der Waals surface area (Å²) in [5.41, 5.74) is 0.623. The second kappa shape index (κ2) is 7.66. The van der Waals surface area contributed by atoms with E-state index in [-0.39, 0.29) is 23.8 Å². The number of aromatic nitrogens is 1. The Morgan fingerprint density at radius 3 is 2.78 bits per heavy atom. The fourth-order valence-electron chi connectivity index (χ4n) is 2.74. The average Bonchev–Trinajstić information content (AvgIpc) is 2.95. The van der Waals surface area contributed by atoms with Crippen molar-refractivity contribution in [2.45, 2.75) is 12.6 Å². The summed E-state index contributed by atoms with van der Waals surface area (Å²) in [6.07, 6.45) is 1.49. The van der Waals surface area contributed by atoms with Gasteiger partial charge in [-0.3, -0.25) is 9.69 Å². The molecule has 1 aliphatic heterocycles. The second-order valence-corrected chi connectivity index (χ2v) is 6.62. The highest BCUT2D eigenvalue weighted by Gasteiger charge is 2.40. The summed E-state index contributed by atoms with van der Waals surface area (Å²) in [5, 5.41) is 2.34. The first kappa shape index (κ1) is 19.3. The number of rotatable bonds is 4. The third-order valence-corrected chi connectivity index (χ3v) is 4.96. The normalized spacial score (nSPS) is 16.8. The lowest BCUT2D eigenvalue weighted by Gasteiger charge is -2.17. The minimum atomic E-state index is -1.17. The van der Waals surface area contributed by atoms with E-state index in [4.69, 9.17) is 23.2 Å². The van der Waals surface area contributed by atoms with E-state index in [9.17, 15) is 18.4 Å². The molecule has 1 fully saturated rings. The largest absolute Gasteiger partial charge is 0.350 e. The molecule has 1 aromatic carbocycles. The molecular weight excluding hydrogens is 401 g/mol. The van der Waals surface area contributed by atoms with Gasteiger partial charge in [0.2, 0.25) is 5.91 Å². The zero-order chi connectivity index (χ0) is 19.7. The molecule has 1 saturated heterocycles. The molecule has 0 spiro atoms. The van der Waals surface area contributed by atoms with Crippen molar-refractivity contribution in [1.29, 1.82) is 0 Å². The average molecular weight is 415 g/mol. The SMILES string of the molecule is CN1C(=O)N(c2cccnc2Cl)CC1C(=O)NCc1ccc(F)c(F)c1Cl. The van der Waals surface area contributed by atoms with Crippen LogP contribution in [0.15, 0.2) is 30.5 Å². The monoisotopic (exact) mass is 414 g/mol. The van der Waals surface area contributed by atoms with E-state index >= 15 is 0 Å². The highest BCUT2D eigenvalue weighted by atomic mass is 35.5. The lowest BCUT2D eigenvalue weighted by Crippen LogP contribution is -2.43. The van der Waals surface area contributed by atoms with Crippen LogP contribution in [0.5, 0.6) is 0 Å². The quantitative estimate of drug-likeness (QED) is 0.616. The fraction of sp³-hybridized carbons (Fsp3) is 0.235. The number of hydrogen-bond donors (Lipinski definition) is 1. The standard InChI is InChI=1S/C17H14Cl2F2N4O2/c1-24-12(8-25(17(24)27)11-3-2-6-22-15(11)19)16(26)23-7-9-4-5-10(20)14(21)13(9)18/h2-6,12H,7-8H2,1H3,(H,23,26). The topological polar surface area (TPSA) is 65.5 Å². The molecule has 2 aromatic rings. The molecule has 0 saturated carbocycles. The molecule has 1 aromatic heterocycles. The van der Waals surface area contributed by atoms with Gasteiger partial charge in [-0.25, -0.2) is 18.6 Å². The number of urea groups is 1. The minimum absolute atomic E-state index is 0.0676. The second-order valence-electron chi connectivity index (χ2n) is 5.89. The van der Waals surface area contributed by atoms with Gasteiger partial charge in [0.05, 0.1) is 17.3 Å². The third kappa shape index (κ3) is 3.68. The molecular formula is C17H14Cl2F2N4O2. The van der Waals surface area contributed by atoms with Crippen LogP contribution in [-0.4, -0.2) is 41.5 Å².